The molecule has 102 valence electrons. The second-order valence-electron chi connectivity index (χ2n) is 4.43. The van der Waals surface area contributed by atoms with Gasteiger partial charge in [-0.2, -0.15) is 11.3 Å². The van der Waals surface area contributed by atoms with Gasteiger partial charge in [0.1, 0.15) is 0 Å². The summed E-state index contributed by atoms with van der Waals surface area (Å²) in [6.45, 7) is 0.226. The Morgan fingerprint density at radius 3 is 2.90 bits per heavy atom. The molecule has 3 nitrogen and oxygen atoms in total. The number of fused-ring (bicyclic) bond motifs is 1. The summed E-state index contributed by atoms with van der Waals surface area (Å²) in [6.07, 6.45) is -0.653. The Labute approximate surface area is 124 Å². The second kappa shape index (κ2) is 5.75. The molecule has 1 atom stereocenters. The van der Waals surface area contributed by atoms with Crippen LogP contribution in [-0.2, 0) is 0 Å². The minimum absolute atomic E-state index is 0.138. The van der Waals surface area contributed by atoms with Crippen molar-refractivity contribution < 1.29 is 9.90 Å². The van der Waals surface area contributed by atoms with Gasteiger partial charge in [0.25, 0.3) is 5.91 Å². The lowest BCUT2D eigenvalue weighted by atomic mass is 10.2. The highest BCUT2D eigenvalue weighted by molar-refractivity contribution is 7.20. The summed E-state index contributed by atoms with van der Waals surface area (Å²) < 4.78 is 1.09. The number of hydrogen-bond acceptors (Lipinski definition) is 4. The maximum absolute atomic E-state index is 12.1. The van der Waals surface area contributed by atoms with Crippen LogP contribution in [0.4, 0.5) is 0 Å². The van der Waals surface area contributed by atoms with E-state index in [0.29, 0.717) is 4.88 Å². The van der Waals surface area contributed by atoms with Crippen molar-refractivity contribution in [2.45, 2.75) is 6.10 Å². The standard InChI is InChI=1S/C15H13NO2S2/c17-12(11-5-6-19-9-11)8-16-15(18)14-7-10-3-1-2-4-13(10)20-14/h1-7,9,12,17H,8H2,(H,16,18). The van der Waals surface area contributed by atoms with Crippen molar-refractivity contribution in [3.8, 4) is 0 Å². The number of carbonyl (C=O) groups is 1. The molecule has 5 heteroatoms. The average molecular weight is 303 g/mol. The van der Waals surface area contributed by atoms with E-state index in [9.17, 15) is 9.90 Å². The van der Waals surface area contributed by atoms with Gasteiger partial charge in [0.15, 0.2) is 0 Å². The highest BCUT2D eigenvalue weighted by Crippen LogP contribution is 2.25. The summed E-state index contributed by atoms with van der Waals surface area (Å²) in [4.78, 5) is 12.7. The fraction of sp³-hybridized carbons (Fsp3) is 0.133. The van der Waals surface area contributed by atoms with Crippen molar-refractivity contribution in [2.75, 3.05) is 6.54 Å². The third-order valence-electron chi connectivity index (χ3n) is 3.03. The third-order valence-corrected chi connectivity index (χ3v) is 4.85. The minimum atomic E-state index is -0.653. The number of hydrogen-bond donors (Lipinski definition) is 2. The highest BCUT2D eigenvalue weighted by Gasteiger charge is 2.13. The molecule has 2 aromatic heterocycles. The zero-order chi connectivity index (χ0) is 13.9. The molecule has 3 aromatic rings. The van der Waals surface area contributed by atoms with Gasteiger partial charge < -0.3 is 10.4 Å². The monoisotopic (exact) mass is 303 g/mol. The van der Waals surface area contributed by atoms with Crippen LogP contribution in [-0.4, -0.2) is 17.6 Å². The molecule has 1 aromatic carbocycles. The van der Waals surface area contributed by atoms with E-state index in [2.05, 4.69) is 5.32 Å². The first-order valence-electron chi connectivity index (χ1n) is 6.21. The predicted molar refractivity (Wildman–Crippen MR) is 83.4 cm³/mol. The molecule has 0 saturated carbocycles. The molecule has 0 aliphatic rings. The number of nitrogens with one attached hydrogen (secondary N) is 1. The van der Waals surface area contributed by atoms with Gasteiger partial charge in [0, 0.05) is 11.2 Å². The maximum Gasteiger partial charge on any atom is 0.261 e. The SMILES string of the molecule is O=C(NCC(O)c1ccsc1)c1cc2ccccc2s1. The summed E-state index contributed by atoms with van der Waals surface area (Å²) in [5, 5.41) is 17.6. The van der Waals surface area contributed by atoms with Gasteiger partial charge in [-0.25, -0.2) is 0 Å². The van der Waals surface area contributed by atoms with Crippen LogP contribution in [0.2, 0.25) is 0 Å². The Morgan fingerprint density at radius 1 is 1.30 bits per heavy atom. The van der Waals surface area contributed by atoms with Crippen LogP contribution in [0.1, 0.15) is 21.3 Å². The van der Waals surface area contributed by atoms with Gasteiger partial charge in [0.05, 0.1) is 11.0 Å². The van der Waals surface area contributed by atoms with E-state index in [4.69, 9.17) is 0 Å². The molecular formula is C15H13NO2S2. The molecule has 0 spiro atoms. The van der Waals surface area contributed by atoms with E-state index in [1.165, 1.54) is 22.7 Å². The van der Waals surface area contributed by atoms with E-state index < -0.39 is 6.10 Å². The van der Waals surface area contributed by atoms with Gasteiger partial charge in [0.2, 0.25) is 0 Å². The summed E-state index contributed by atoms with van der Waals surface area (Å²) >= 11 is 2.99. The normalized spacial score (nSPS) is 12.4. The first kappa shape index (κ1) is 13.3. The number of aliphatic hydroxyl groups is 1. The second-order valence-corrected chi connectivity index (χ2v) is 6.29. The Bertz CT molecular complexity index is 685. The van der Waals surface area contributed by atoms with Crippen LogP contribution in [0, 0.1) is 0 Å². The summed E-state index contributed by atoms with van der Waals surface area (Å²) in [6, 6.07) is 11.6. The molecule has 0 radical (unpaired) electrons. The molecule has 1 amide bonds. The van der Waals surface area contributed by atoms with E-state index >= 15 is 0 Å². The number of amides is 1. The molecule has 0 saturated heterocycles. The van der Waals surface area contributed by atoms with Gasteiger partial charge in [-0.1, -0.05) is 18.2 Å². The summed E-state index contributed by atoms with van der Waals surface area (Å²) in [5.41, 5.74) is 0.839. The van der Waals surface area contributed by atoms with E-state index in [-0.39, 0.29) is 12.5 Å². The average Bonchev–Trinajstić information content (AvgIpc) is 3.12. The molecule has 0 fully saturated rings. The largest absolute Gasteiger partial charge is 0.387 e. The lowest BCUT2D eigenvalue weighted by Gasteiger charge is -2.09. The Morgan fingerprint density at radius 2 is 2.15 bits per heavy atom. The zero-order valence-electron chi connectivity index (χ0n) is 10.6. The first-order chi connectivity index (χ1) is 9.74. The van der Waals surface area contributed by atoms with Gasteiger partial charge in [-0.15, -0.1) is 11.3 Å². The number of thiophene rings is 2. The van der Waals surface area contributed by atoms with Crippen LogP contribution in [0.25, 0.3) is 10.1 Å². The van der Waals surface area contributed by atoms with Crippen LogP contribution in [0.5, 0.6) is 0 Å². The molecule has 20 heavy (non-hydrogen) atoms. The molecule has 2 heterocycles. The molecule has 0 aliphatic carbocycles. The molecule has 3 rings (SSSR count). The molecular weight excluding hydrogens is 290 g/mol. The quantitative estimate of drug-likeness (QED) is 0.776. The number of benzene rings is 1. The van der Waals surface area contributed by atoms with Gasteiger partial charge in [-0.05, 0) is 39.9 Å². The Balaban J connectivity index is 1.67. The maximum atomic E-state index is 12.1. The van der Waals surface area contributed by atoms with E-state index in [0.717, 1.165) is 15.6 Å². The van der Waals surface area contributed by atoms with Crippen LogP contribution < -0.4 is 5.32 Å². The lowest BCUT2D eigenvalue weighted by Crippen LogP contribution is -2.27. The summed E-state index contributed by atoms with van der Waals surface area (Å²) in [7, 11) is 0. The third kappa shape index (κ3) is 2.75. The predicted octanol–water partition coefficient (Wildman–Crippen LogP) is 3.43. The Kier molecular flexibility index (Phi) is 3.82. The number of aliphatic hydroxyl groups excluding tert-OH is 1. The molecule has 0 aliphatic heterocycles. The highest BCUT2D eigenvalue weighted by atomic mass is 32.1. The number of rotatable bonds is 4. The van der Waals surface area contributed by atoms with Crippen molar-refractivity contribution >= 4 is 38.7 Å². The lowest BCUT2D eigenvalue weighted by molar-refractivity contribution is 0.0920. The van der Waals surface area contributed by atoms with Gasteiger partial charge in [-0.3, -0.25) is 4.79 Å². The van der Waals surface area contributed by atoms with Crippen LogP contribution >= 0.6 is 22.7 Å². The van der Waals surface area contributed by atoms with Crippen molar-refractivity contribution in [2.24, 2.45) is 0 Å². The Hall–Kier alpha value is -1.69. The summed E-state index contributed by atoms with van der Waals surface area (Å²) in [5.74, 6) is -0.138. The van der Waals surface area contributed by atoms with Crippen molar-refractivity contribution in [3.05, 3.63) is 57.6 Å². The van der Waals surface area contributed by atoms with E-state index in [1.807, 2.05) is 47.2 Å². The van der Waals surface area contributed by atoms with Gasteiger partial charge >= 0.3 is 0 Å². The molecule has 2 N–H and O–H groups in total. The minimum Gasteiger partial charge on any atom is -0.387 e. The van der Waals surface area contributed by atoms with Crippen LogP contribution in [0.15, 0.2) is 47.2 Å². The topological polar surface area (TPSA) is 49.3 Å². The van der Waals surface area contributed by atoms with Crippen molar-refractivity contribution in [3.63, 3.8) is 0 Å². The van der Waals surface area contributed by atoms with E-state index in [1.54, 1.807) is 0 Å². The van der Waals surface area contributed by atoms with Crippen molar-refractivity contribution in [1.82, 2.24) is 5.32 Å². The first-order valence-corrected chi connectivity index (χ1v) is 7.97. The van der Waals surface area contributed by atoms with Crippen LogP contribution in [0.3, 0.4) is 0 Å². The fourth-order valence-electron chi connectivity index (χ4n) is 1.95. The van der Waals surface area contributed by atoms with Crippen molar-refractivity contribution in [1.29, 1.82) is 0 Å². The number of carbonyl (C=O) groups excluding carboxylic acids is 1. The smallest absolute Gasteiger partial charge is 0.261 e. The zero-order valence-corrected chi connectivity index (χ0v) is 12.2. The molecule has 1 unspecified atom stereocenters. The fourth-order valence-corrected chi connectivity index (χ4v) is 3.64. The molecule has 0 bridgehead atoms.